The summed E-state index contributed by atoms with van der Waals surface area (Å²) in [6.45, 7) is 8.33. The molecule has 2 N–H and O–H groups in total. The largest absolute Gasteiger partial charge is 0.486 e. The number of rotatable bonds is 4. The van der Waals surface area contributed by atoms with E-state index in [-0.39, 0.29) is 17.7 Å². The van der Waals surface area contributed by atoms with Crippen LogP contribution in [-0.2, 0) is 9.31 Å². The maximum Gasteiger partial charge on any atom is 0.486 e. The number of amides is 1. The highest BCUT2D eigenvalue weighted by atomic mass is 16.7. The number of carbonyl (C=O) groups is 1. The van der Waals surface area contributed by atoms with Crippen molar-refractivity contribution >= 4 is 13.2 Å². The van der Waals surface area contributed by atoms with Gasteiger partial charge in [0.25, 0.3) is 0 Å². The van der Waals surface area contributed by atoms with Crippen LogP contribution in [0.3, 0.4) is 0 Å². The summed E-state index contributed by atoms with van der Waals surface area (Å²) in [5.41, 5.74) is -0.667. The van der Waals surface area contributed by atoms with E-state index in [4.69, 9.17) is 14.4 Å². The smallest absolute Gasteiger partial charge is 0.465 e. The first kappa shape index (κ1) is 14.1. The SMILES string of the molecule is CCC1(C)OB(/C=C/CNC(=O)O)OC1(C)C. The Kier molecular flexibility index (Phi) is 4.22. The Morgan fingerprint density at radius 3 is 2.53 bits per heavy atom. The van der Waals surface area contributed by atoms with Gasteiger partial charge in [0, 0.05) is 6.54 Å². The molecule has 1 aliphatic heterocycles. The Bertz CT molecular complexity index is 319. The molecule has 1 amide bonds. The summed E-state index contributed by atoms with van der Waals surface area (Å²) in [6.07, 6.45) is 1.51. The van der Waals surface area contributed by atoms with Gasteiger partial charge in [-0.3, -0.25) is 0 Å². The van der Waals surface area contributed by atoms with E-state index in [9.17, 15) is 4.79 Å². The molecule has 1 fully saturated rings. The normalized spacial score (nSPS) is 27.6. The molecule has 1 atom stereocenters. The van der Waals surface area contributed by atoms with Crippen LogP contribution in [0.25, 0.3) is 0 Å². The van der Waals surface area contributed by atoms with Gasteiger partial charge in [-0.05, 0) is 27.2 Å². The van der Waals surface area contributed by atoms with Gasteiger partial charge in [0.05, 0.1) is 11.2 Å². The van der Waals surface area contributed by atoms with E-state index in [0.717, 1.165) is 6.42 Å². The molecule has 5 nitrogen and oxygen atoms in total. The predicted molar refractivity (Wildman–Crippen MR) is 65.9 cm³/mol. The summed E-state index contributed by atoms with van der Waals surface area (Å²) in [4.78, 5) is 10.2. The number of nitrogens with one attached hydrogen (secondary N) is 1. The molecular weight excluding hydrogens is 221 g/mol. The van der Waals surface area contributed by atoms with Crippen molar-refractivity contribution in [3.05, 3.63) is 12.1 Å². The van der Waals surface area contributed by atoms with Crippen molar-refractivity contribution in [3.63, 3.8) is 0 Å². The van der Waals surface area contributed by atoms with Crippen LogP contribution in [0.1, 0.15) is 34.1 Å². The molecule has 6 heteroatoms. The van der Waals surface area contributed by atoms with Gasteiger partial charge >= 0.3 is 13.2 Å². The van der Waals surface area contributed by atoms with E-state index >= 15 is 0 Å². The molecule has 0 radical (unpaired) electrons. The highest BCUT2D eigenvalue weighted by Crippen LogP contribution is 2.39. The Hall–Kier alpha value is -1.01. The summed E-state index contributed by atoms with van der Waals surface area (Å²) >= 11 is 0. The monoisotopic (exact) mass is 241 g/mol. The Morgan fingerprint density at radius 1 is 1.41 bits per heavy atom. The summed E-state index contributed by atoms with van der Waals surface area (Å²) < 4.78 is 11.6. The van der Waals surface area contributed by atoms with Crippen LogP contribution >= 0.6 is 0 Å². The molecule has 96 valence electrons. The van der Waals surface area contributed by atoms with Crippen molar-refractivity contribution in [2.45, 2.75) is 45.3 Å². The van der Waals surface area contributed by atoms with E-state index in [1.54, 1.807) is 12.1 Å². The fourth-order valence-corrected chi connectivity index (χ4v) is 1.75. The molecule has 0 saturated carbocycles. The summed E-state index contributed by atoms with van der Waals surface area (Å²) in [5.74, 6) is 1.73. The van der Waals surface area contributed by atoms with Crippen molar-refractivity contribution in [3.8, 4) is 0 Å². The summed E-state index contributed by atoms with van der Waals surface area (Å²) in [6, 6.07) is 0. The predicted octanol–water partition coefficient (Wildman–Crippen LogP) is 1.83. The van der Waals surface area contributed by atoms with Gasteiger partial charge < -0.3 is 19.7 Å². The minimum atomic E-state index is -1.04. The van der Waals surface area contributed by atoms with Crippen LogP contribution < -0.4 is 5.32 Å². The van der Waals surface area contributed by atoms with E-state index in [0.29, 0.717) is 0 Å². The average Bonchev–Trinajstić information content (AvgIpc) is 2.45. The van der Waals surface area contributed by atoms with Gasteiger partial charge in [0.1, 0.15) is 0 Å². The molecule has 0 spiro atoms. The fraction of sp³-hybridized carbons (Fsp3) is 0.727. The standard InChI is InChI=1S/C11H20BNO4/c1-5-11(4)10(2,3)16-12(17-11)7-6-8-13-9(14)15/h6-7,13H,5,8H2,1-4H3,(H,14,15)/b7-6+. The van der Waals surface area contributed by atoms with E-state index in [1.807, 2.05) is 20.8 Å². The average molecular weight is 241 g/mol. The topological polar surface area (TPSA) is 67.8 Å². The lowest BCUT2D eigenvalue weighted by molar-refractivity contribution is -0.0118. The van der Waals surface area contributed by atoms with E-state index in [1.165, 1.54) is 0 Å². The Balaban J connectivity index is 2.52. The van der Waals surface area contributed by atoms with Gasteiger partial charge in [0.15, 0.2) is 0 Å². The molecule has 1 saturated heterocycles. The molecule has 1 rings (SSSR count). The lowest BCUT2D eigenvalue weighted by Gasteiger charge is -2.35. The molecule has 0 aromatic heterocycles. The van der Waals surface area contributed by atoms with Crippen molar-refractivity contribution in [1.29, 1.82) is 0 Å². The molecule has 17 heavy (non-hydrogen) atoms. The van der Waals surface area contributed by atoms with Crippen LogP contribution in [-0.4, -0.2) is 36.1 Å². The second-order valence-corrected chi connectivity index (χ2v) is 4.81. The fourth-order valence-electron chi connectivity index (χ4n) is 1.75. The maximum absolute atomic E-state index is 10.2. The van der Waals surface area contributed by atoms with Gasteiger partial charge in [-0.1, -0.05) is 19.0 Å². The first-order valence-electron chi connectivity index (χ1n) is 5.80. The van der Waals surface area contributed by atoms with Gasteiger partial charge in [-0.25, -0.2) is 4.79 Å². The van der Waals surface area contributed by atoms with Crippen LogP contribution in [0.2, 0.25) is 0 Å². The molecule has 0 aliphatic carbocycles. The zero-order chi connectivity index (χ0) is 13.1. The molecular formula is C11H20BNO4. The minimum absolute atomic E-state index is 0.252. The van der Waals surface area contributed by atoms with Gasteiger partial charge in [-0.15, -0.1) is 0 Å². The lowest BCUT2D eigenvalue weighted by Crippen LogP contribution is -2.44. The van der Waals surface area contributed by atoms with Crippen molar-refractivity contribution in [2.24, 2.45) is 0 Å². The lowest BCUT2D eigenvalue weighted by atomic mass is 9.86. The molecule has 0 aromatic rings. The van der Waals surface area contributed by atoms with E-state index < -0.39 is 13.2 Å². The van der Waals surface area contributed by atoms with Crippen molar-refractivity contribution in [1.82, 2.24) is 5.32 Å². The molecule has 1 aliphatic rings. The maximum atomic E-state index is 10.2. The molecule has 1 unspecified atom stereocenters. The third kappa shape index (κ3) is 3.23. The zero-order valence-corrected chi connectivity index (χ0v) is 10.8. The number of hydrogen-bond donors (Lipinski definition) is 2. The van der Waals surface area contributed by atoms with Gasteiger partial charge in [-0.2, -0.15) is 0 Å². The highest BCUT2D eigenvalue weighted by Gasteiger charge is 2.51. The van der Waals surface area contributed by atoms with Gasteiger partial charge in [0.2, 0.25) is 0 Å². The van der Waals surface area contributed by atoms with E-state index in [2.05, 4.69) is 12.2 Å². The zero-order valence-electron chi connectivity index (χ0n) is 10.8. The van der Waals surface area contributed by atoms with Crippen molar-refractivity contribution < 1.29 is 19.2 Å². The molecule has 0 bridgehead atoms. The van der Waals surface area contributed by atoms with Crippen LogP contribution in [0, 0.1) is 0 Å². The summed E-state index contributed by atoms with van der Waals surface area (Å²) in [5, 5.41) is 10.6. The first-order valence-corrected chi connectivity index (χ1v) is 5.80. The Labute approximate surface area is 102 Å². The number of hydrogen-bond acceptors (Lipinski definition) is 3. The second kappa shape index (κ2) is 5.10. The number of carboxylic acid groups (broad SMARTS) is 1. The first-order chi connectivity index (χ1) is 7.81. The highest BCUT2D eigenvalue weighted by molar-refractivity contribution is 6.51. The molecule has 1 heterocycles. The Morgan fingerprint density at radius 2 is 2.06 bits per heavy atom. The third-order valence-electron chi connectivity index (χ3n) is 3.40. The van der Waals surface area contributed by atoms with Crippen LogP contribution in [0.15, 0.2) is 12.1 Å². The van der Waals surface area contributed by atoms with Crippen LogP contribution in [0.4, 0.5) is 4.79 Å². The summed E-state index contributed by atoms with van der Waals surface area (Å²) in [7, 11) is -0.412. The molecule has 0 aromatic carbocycles. The third-order valence-corrected chi connectivity index (χ3v) is 3.40. The quantitative estimate of drug-likeness (QED) is 0.737. The van der Waals surface area contributed by atoms with Crippen LogP contribution in [0.5, 0.6) is 0 Å². The van der Waals surface area contributed by atoms with Crippen molar-refractivity contribution in [2.75, 3.05) is 6.54 Å². The minimum Gasteiger partial charge on any atom is -0.465 e. The second-order valence-electron chi connectivity index (χ2n) is 4.81.